The van der Waals surface area contributed by atoms with Gasteiger partial charge in [-0.25, -0.2) is 13.4 Å². The number of carbonyl (C=O) groups is 1. The van der Waals surface area contributed by atoms with Crippen molar-refractivity contribution in [2.75, 3.05) is 17.3 Å². The minimum Gasteiger partial charge on any atom is -0.311 e. The Morgan fingerprint density at radius 2 is 2.19 bits per heavy atom. The van der Waals surface area contributed by atoms with Crippen LogP contribution in [-0.2, 0) is 14.6 Å². The second-order valence-corrected chi connectivity index (χ2v) is 5.91. The third-order valence-corrected chi connectivity index (χ3v) is 2.83. The molecule has 88 valence electrons. The number of carbonyl (C=O) groups excluding carboxylic acids is 1. The first-order valence-corrected chi connectivity index (χ1v) is 6.83. The molecule has 0 spiro atoms. The van der Waals surface area contributed by atoms with Crippen molar-refractivity contribution in [1.82, 2.24) is 4.98 Å². The van der Waals surface area contributed by atoms with Crippen molar-refractivity contribution in [2.45, 2.75) is 13.3 Å². The van der Waals surface area contributed by atoms with Crippen LogP contribution >= 0.6 is 0 Å². The zero-order valence-electron chi connectivity index (χ0n) is 9.23. The molecule has 0 unspecified atom stereocenters. The van der Waals surface area contributed by atoms with Gasteiger partial charge in [0.15, 0.2) is 0 Å². The van der Waals surface area contributed by atoms with E-state index in [9.17, 15) is 13.2 Å². The summed E-state index contributed by atoms with van der Waals surface area (Å²) in [7, 11) is -3.10. The number of pyridine rings is 1. The summed E-state index contributed by atoms with van der Waals surface area (Å²) in [6, 6.07) is 3.53. The van der Waals surface area contributed by atoms with Crippen molar-refractivity contribution < 1.29 is 13.2 Å². The Labute approximate surface area is 94.8 Å². The topological polar surface area (TPSA) is 76.1 Å². The van der Waals surface area contributed by atoms with Crippen LogP contribution in [0.1, 0.15) is 12.0 Å². The molecule has 1 amide bonds. The first kappa shape index (κ1) is 12.6. The van der Waals surface area contributed by atoms with Gasteiger partial charge in [-0.2, -0.15) is 0 Å². The molecule has 1 N–H and O–H groups in total. The normalized spacial score (nSPS) is 11.1. The number of nitrogens with zero attached hydrogens (tertiary/aromatic N) is 1. The molecule has 0 bridgehead atoms. The molecular formula is C10H14N2O3S. The number of hydrogen-bond donors (Lipinski definition) is 1. The van der Waals surface area contributed by atoms with Crippen LogP contribution in [0.4, 0.5) is 5.82 Å². The van der Waals surface area contributed by atoms with E-state index < -0.39 is 9.84 Å². The fraction of sp³-hybridized carbons (Fsp3) is 0.400. The van der Waals surface area contributed by atoms with E-state index >= 15 is 0 Å². The van der Waals surface area contributed by atoms with Gasteiger partial charge in [0.1, 0.15) is 15.7 Å². The van der Waals surface area contributed by atoms with Gasteiger partial charge < -0.3 is 5.32 Å². The summed E-state index contributed by atoms with van der Waals surface area (Å²) in [4.78, 5) is 15.3. The summed E-state index contributed by atoms with van der Waals surface area (Å²) < 4.78 is 21.7. The number of aryl methyl sites for hydroxylation is 1. The lowest BCUT2D eigenvalue weighted by molar-refractivity contribution is -0.115. The molecular weight excluding hydrogens is 228 g/mol. The molecule has 0 radical (unpaired) electrons. The number of hydrogen-bond acceptors (Lipinski definition) is 4. The summed E-state index contributed by atoms with van der Waals surface area (Å²) in [6.07, 6.45) is 2.64. The molecule has 1 heterocycles. The van der Waals surface area contributed by atoms with Crippen molar-refractivity contribution in [1.29, 1.82) is 0 Å². The Morgan fingerprint density at radius 3 is 2.75 bits per heavy atom. The minimum atomic E-state index is -3.10. The molecule has 0 aliphatic rings. The summed E-state index contributed by atoms with van der Waals surface area (Å²) in [5.74, 6) is -0.0491. The standard InChI is InChI=1S/C10H14N2O3S/c1-8-3-5-11-9(7-8)12-10(13)4-6-16(2,14)15/h3,5,7H,4,6H2,1-2H3,(H,11,12,13). The maximum absolute atomic E-state index is 11.4. The van der Waals surface area contributed by atoms with E-state index in [1.165, 1.54) is 0 Å². The smallest absolute Gasteiger partial charge is 0.226 e. The van der Waals surface area contributed by atoms with E-state index in [4.69, 9.17) is 0 Å². The average Bonchev–Trinajstić information content (AvgIpc) is 2.14. The van der Waals surface area contributed by atoms with Crippen LogP contribution in [0.15, 0.2) is 18.3 Å². The molecule has 0 aromatic carbocycles. The van der Waals surface area contributed by atoms with Crippen molar-refractivity contribution >= 4 is 21.6 Å². The Bertz CT molecular complexity index is 483. The van der Waals surface area contributed by atoms with E-state index in [1.807, 2.05) is 13.0 Å². The number of anilines is 1. The predicted molar refractivity (Wildman–Crippen MR) is 61.9 cm³/mol. The molecule has 16 heavy (non-hydrogen) atoms. The van der Waals surface area contributed by atoms with Gasteiger partial charge in [-0.15, -0.1) is 0 Å². The Hall–Kier alpha value is -1.43. The molecule has 0 fully saturated rings. The van der Waals surface area contributed by atoms with Gasteiger partial charge in [0.25, 0.3) is 0 Å². The van der Waals surface area contributed by atoms with Crippen LogP contribution in [0.3, 0.4) is 0 Å². The first-order valence-electron chi connectivity index (χ1n) is 4.77. The second-order valence-electron chi connectivity index (χ2n) is 3.65. The lowest BCUT2D eigenvalue weighted by Gasteiger charge is -2.04. The fourth-order valence-electron chi connectivity index (χ4n) is 1.09. The fourth-order valence-corrected chi connectivity index (χ4v) is 1.64. The highest BCUT2D eigenvalue weighted by atomic mass is 32.2. The molecule has 0 saturated heterocycles. The molecule has 1 rings (SSSR count). The highest BCUT2D eigenvalue weighted by Gasteiger charge is 2.08. The quantitative estimate of drug-likeness (QED) is 0.845. The molecule has 1 aromatic heterocycles. The molecule has 6 heteroatoms. The maximum Gasteiger partial charge on any atom is 0.226 e. The SMILES string of the molecule is Cc1ccnc(NC(=O)CCS(C)(=O)=O)c1. The second kappa shape index (κ2) is 5.07. The number of nitrogens with one attached hydrogen (secondary N) is 1. The Morgan fingerprint density at radius 1 is 1.50 bits per heavy atom. The monoisotopic (exact) mass is 242 g/mol. The largest absolute Gasteiger partial charge is 0.311 e. The van der Waals surface area contributed by atoms with E-state index in [-0.39, 0.29) is 18.1 Å². The molecule has 5 nitrogen and oxygen atoms in total. The molecule has 0 saturated carbocycles. The van der Waals surface area contributed by atoms with Crippen LogP contribution in [-0.4, -0.2) is 31.3 Å². The molecule has 0 atom stereocenters. The van der Waals surface area contributed by atoms with Crippen LogP contribution in [0.5, 0.6) is 0 Å². The van der Waals surface area contributed by atoms with Gasteiger partial charge in [-0.05, 0) is 24.6 Å². The average molecular weight is 242 g/mol. The van der Waals surface area contributed by atoms with Gasteiger partial charge >= 0.3 is 0 Å². The lowest BCUT2D eigenvalue weighted by atomic mass is 10.3. The van der Waals surface area contributed by atoms with Crippen molar-refractivity contribution in [3.05, 3.63) is 23.9 Å². The molecule has 0 aliphatic heterocycles. The number of amides is 1. The van der Waals surface area contributed by atoms with Crippen LogP contribution < -0.4 is 5.32 Å². The van der Waals surface area contributed by atoms with E-state index in [2.05, 4.69) is 10.3 Å². The van der Waals surface area contributed by atoms with E-state index in [1.54, 1.807) is 12.3 Å². The van der Waals surface area contributed by atoms with E-state index in [0.29, 0.717) is 5.82 Å². The van der Waals surface area contributed by atoms with Gasteiger partial charge in [-0.1, -0.05) is 0 Å². The molecule has 0 aliphatic carbocycles. The van der Waals surface area contributed by atoms with Crippen LogP contribution in [0, 0.1) is 6.92 Å². The zero-order valence-corrected chi connectivity index (χ0v) is 10.0. The minimum absolute atomic E-state index is 0.0472. The van der Waals surface area contributed by atoms with Gasteiger partial charge in [-0.3, -0.25) is 4.79 Å². The summed E-state index contributed by atoms with van der Waals surface area (Å²) in [6.45, 7) is 1.88. The predicted octanol–water partition coefficient (Wildman–Crippen LogP) is 0.763. The first-order chi connectivity index (χ1) is 7.37. The molecule has 1 aromatic rings. The number of sulfone groups is 1. The van der Waals surface area contributed by atoms with Crippen molar-refractivity contribution in [3.8, 4) is 0 Å². The Balaban J connectivity index is 2.52. The number of aromatic nitrogens is 1. The van der Waals surface area contributed by atoms with Crippen LogP contribution in [0.2, 0.25) is 0 Å². The third kappa shape index (κ3) is 4.88. The lowest BCUT2D eigenvalue weighted by Crippen LogP contribution is -2.17. The zero-order chi connectivity index (χ0) is 12.2. The van der Waals surface area contributed by atoms with Crippen molar-refractivity contribution in [2.24, 2.45) is 0 Å². The van der Waals surface area contributed by atoms with Gasteiger partial charge in [0.05, 0.1) is 5.75 Å². The third-order valence-electron chi connectivity index (χ3n) is 1.88. The highest BCUT2D eigenvalue weighted by molar-refractivity contribution is 7.90. The summed E-state index contributed by atoms with van der Waals surface area (Å²) >= 11 is 0. The summed E-state index contributed by atoms with van der Waals surface area (Å²) in [5, 5.41) is 2.54. The maximum atomic E-state index is 11.4. The highest BCUT2D eigenvalue weighted by Crippen LogP contribution is 2.05. The Kier molecular flexibility index (Phi) is 4.00. The van der Waals surface area contributed by atoms with E-state index in [0.717, 1.165) is 11.8 Å². The van der Waals surface area contributed by atoms with Gasteiger partial charge in [0, 0.05) is 18.9 Å². The summed E-state index contributed by atoms with van der Waals surface area (Å²) in [5.41, 5.74) is 0.980. The van der Waals surface area contributed by atoms with Crippen molar-refractivity contribution in [3.63, 3.8) is 0 Å². The van der Waals surface area contributed by atoms with Crippen LogP contribution in [0.25, 0.3) is 0 Å². The van der Waals surface area contributed by atoms with Gasteiger partial charge in [0.2, 0.25) is 5.91 Å². The number of rotatable bonds is 4.